The maximum absolute atomic E-state index is 11.8. The van der Waals surface area contributed by atoms with Gasteiger partial charge in [-0.1, -0.05) is 54.4 Å². The minimum absolute atomic E-state index is 0.0833. The van der Waals surface area contributed by atoms with E-state index in [4.69, 9.17) is 0 Å². The van der Waals surface area contributed by atoms with Crippen molar-refractivity contribution in [2.45, 2.75) is 67.2 Å². The van der Waals surface area contributed by atoms with Gasteiger partial charge in [-0.25, -0.2) is 0 Å². The summed E-state index contributed by atoms with van der Waals surface area (Å²) in [4.78, 5) is 23.6. The Hall–Kier alpha value is -1.06. The molecule has 3 atom stereocenters. The monoisotopic (exact) mass is 300 g/mol. The van der Waals surface area contributed by atoms with Crippen molar-refractivity contribution in [2.75, 3.05) is 0 Å². The highest BCUT2D eigenvalue weighted by Crippen LogP contribution is 2.43. The number of hydrogen-bond donors (Lipinski definition) is 2. The third-order valence-corrected chi connectivity index (χ3v) is 4.38. The Labute approximate surface area is 128 Å². The third kappa shape index (κ3) is 5.68. The van der Waals surface area contributed by atoms with Crippen LogP contribution in [-0.2, 0) is 9.59 Å². The van der Waals surface area contributed by atoms with Gasteiger partial charge < -0.3 is 10.2 Å². The van der Waals surface area contributed by atoms with E-state index in [1.807, 2.05) is 41.5 Å². The maximum Gasteiger partial charge on any atom is 0.307 e. The van der Waals surface area contributed by atoms with E-state index in [-0.39, 0.29) is 5.92 Å². The predicted molar refractivity (Wildman–Crippen MR) is 84.2 cm³/mol. The van der Waals surface area contributed by atoms with E-state index in [1.54, 1.807) is 0 Å². The van der Waals surface area contributed by atoms with Crippen molar-refractivity contribution in [1.82, 2.24) is 0 Å². The molecule has 0 amide bonds. The van der Waals surface area contributed by atoms with E-state index in [0.29, 0.717) is 18.8 Å². The lowest BCUT2D eigenvalue weighted by atomic mass is 9.64. The molecule has 0 aliphatic rings. The SMILES string of the molecule is CCCC(CC)C(C(=O)O)C(C(=O)O)C(C)(C)CC(C)C. The van der Waals surface area contributed by atoms with Crippen LogP contribution >= 0.6 is 0 Å². The summed E-state index contributed by atoms with van der Waals surface area (Å²) >= 11 is 0. The molecule has 0 heterocycles. The Kier molecular flexibility index (Phi) is 7.98. The summed E-state index contributed by atoms with van der Waals surface area (Å²) in [7, 11) is 0. The first-order valence-corrected chi connectivity index (χ1v) is 8.04. The fourth-order valence-electron chi connectivity index (χ4n) is 3.78. The molecule has 0 aromatic heterocycles. The fourth-order valence-corrected chi connectivity index (χ4v) is 3.78. The molecule has 4 heteroatoms. The van der Waals surface area contributed by atoms with Crippen LogP contribution in [-0.4, -0.2) is 22.2 Å². The molecule has 3 unspecified atom stereocenters. The summed E-state index contributed by atoms with van der Waals surface area (Å²) in [6, 6.07) is 0. The molecule has 0 aromatic rings. The summed E-state index contributed by atoms with van der Waals surface area (Å²) in [6.45, 7) is 11.8. The van der Waals surface area contributed by atoms with Crippen LogP contribution in [0.5, 0.6) is 0 Å². The molecule has 0 aliphatic carbocycles. The van der Waals surface area contributed by atoms with Crippen molar-refractivity contribution < 1.29 is 19.8 Å². The smallest absolute Gasteiger partial charge is 0.307 e. The van der Waals surface area contributed by atoms with Gasteiger partial charge in [0.1, 0.15) is 0 Å². The number of carbonyl (C=O) groups is 2. The Balaban J connectivity index is 5.64. The van der Waals surface area contributed by atoms with Gasteiger partial charge in [-0.15, -0.1) is 0 Å². The summed E-state index contributed by atoms with van der Waals surface area (Å²) in [5, 5.41) is 19.3. The van der Waals surface area contributed by atoms with Gasteiger partial charge in [-0.2, -0.15) is 0 Å². The molecule has 4 nitrogen and oxygen atoms in total. The highest BCUT2D eigenvalue weighted by Gasteiger charge is 2.47. The molecule has 0 bridgehead atoms. The number of rotatable bonds is 10. The first kappa shape index (κ1) is 19.9. The average Bonchev–Trinajstić information content (AvgIpc) is 2.30. The standard InChI is InChI=1S/C17H32O4/c1-7-9-12(8-2)13(15(18)19)14(16(20)21)17(5,6)10-11(3)4/h11-14H,7-10H2,1-6H3,(H,18,19)(H,20,21). The van der Waals surface area contributed by atoms with Crippen molar-refractivity contribution in [3.05, 3.63) is 0 Å². The lowest BCUT2D eigenvalue weighted by Gasteiger charge is -2.39. The molecular formula is C17H32O4. The quantitative estimate of drug-likeness (QED) is 0.631. The molecule has 0 aliphatic heterocycles. The van der Waals surface area contributed by atoms with Crippen LogP contribution in [0, 0.1) is 29.1 Å². The number of aliphatic carboxylic acids is 2. The summed E-state index contributed by atoms with van der Waals surface area (Å²) < 4.78 is 0. The van der Waals surface area contributed by atoms with E-state index in [2.05, 4.69) is 0 Å². The van der Waals surface area contributed by atoms with Crippen LogP contribution in [0.3, 0.4) is 0 Å². The second-order valence-electron chi connectivity index (χ2n) is 7.22. The summed E-state index contributed by atoms with van der Waals surface area (Å²) in [6.07, 6.45) is 3.04. The third-order valence-electron chi connectivity index (χ3n) is 4.38. The Morgan fingerprint density at radius 2 is 1.57 bits per heavy atom. The molecule has 0 rings (SSSR count). The van der Waals surface area contributed by atoms with Gasteiger partial charge in [0.25, 0.3) is 0 Å². The van der Waals surface area contributed by atoms with Crippen LogP contribution in [0.2, 0.25) is 0 Å². The minimum Gasteiger partial charge on any atom is -0.481 e. The number of hydrogen-bond acceptors (Lipinski definition) is 2. The first-order chi connectivity index (χ1) is 9.58. The van der Waals surface area contributed by atoms with Crippen molar-refractivity contribution in [2.24, 2.45) is 29.1 Å². The van der Waals surface area contributed by atoms with Crippen molar-refractivity contribution in [3.8, 4) is 0 Å². The maximum atomic E-state index is 11.8. The number of carboxylic acid groups (broad SMARTS) is 2. The molecule has 0 saturated carbocycles. The molecular weight excluding hydrogens is 268 g/mol. The van der Waals surface area contributed by atoms with E-state index < -0.39 is 29.2 Å². The zero-order chi connectivity index (χ0) is 16.8. The molecule has 2 N–H and O–H groups in total. The molecule has 0 saturated heterocycles. The lowest BCUT2D eigenvalue weighted by molar-refractivity contribution is -0.162. The summed E-state index contributed by atoms with van der Waals surface area (Å²) in [5.41, 5.74) is -0.537. The second kappa shape index (κ2) is 8.40. The molecule has 0 radical (unpaired) electrons. The van der Waals surface area contributed by atoms with E-state index >= 15 is 0 Å². The average molecular weight is 300 g/mol. The zero-order valence-corrected chi connectivity index (χ0v) is 14.3. The van der Waals surface area contributed by atoms with Crippen LogP contribution in [0.15, 0.2) is 0 Å². The molecule has 0 fully saturated rings. The van der Waals surface area contributed by atoms with Crippen LogP contribution in [0.25, 0.3) is 0 Å². The molecule has 124 valence electrons. The zero-order valence-electron chi connectivity index (χ0n) is 14.3. The first-order valence-electron chi connectivity index (χ1n) is 8.04. The van der Waals surface area contributed by atoms with E-state index in [0.717, 1.165) is 12.8 Å². The highest BCUT2D eigenvalue weighted by molar-refractivity contribution is 5.81. The molecule has 21 heavy (non-hydrogen) atoms. The van der Waals surface area contributed by atoms with Gasteiger partial charge in [-0.3, -0.25) is 9.59 Å². The second-order valence-corrected chi connectivity index (χ2v) is 7.22. The van der Waals surface area contributed by atoms with Gasteiger partial charge in [-0.05, 0) is 30.1 Å². The van der Waals surface area contributed by atoms with Gasteiger partial charge >= 0.3 is 11.9 Å². The van der Waals surface area contributed by atoms with Crippen molar-refractivity contribution >= 4 is 11.9 Å². The lowest BCUT2D eigenvalue weighted by Crippen LogP contribution is -2.44. The van der Waals surface area contributed by atoms with Gasteiger partial charge in [0.15, 0.2) is 0 Å². The van der Waals surface area contributed by atoms with Crippen molar-refractivity contribution in [3.63, 3.8) is 0 Å². The van der Waals surface area contributed by atoms with Crippen LogP contribution in [0.1, 0.15) is 67.2 Å². The van der Waals surface area contributed by atoms with E-state index in [9.17, 15) is 19.8 Å². The Bertz CT molecular complexity index is 347. The Morgan fingerprint density at radius 3 is 1.86 bits per heavy atom. The van der Waals surface area contributed by atoms with Gasteiger partial charge in [0, 0.05) is 0 Å². The predicted octanol–water partition coefficient (Wildman–Crippen LogP) is 4.29. The fraction of sp³-hybridized carbons (Fsp3) is 0.882. The number of carboxylic acids is 2. The topological polar surface area (TPSA) is 74.6 Å². The molecule has 0 spiro atoms. The summed E-state index contributed by atoms with van der Waals surface area (Å²) in [5.74, 6) is -3.38. The highest BCUT2D eigenvalue weighted by atomic mass is 16.4. The van der Waals surface area contributed by atoms with E-state index in [1.165, 1.54) is 0 Å². The largest absolute Gasteiger partial charge is 0.481 e. The minimum atomic E-state index is -0.984. The Morgan fingerprint density at radius 1 is 1.05 bits per heavy atom. The van der Waals surface area contributed by atoms with Gasteiger partial charge in [0.05, 0.1) is 11.8 Å². The van der Waals surface area contributed by atoms with Crippen LogP contribution in [0.4, 0.5) is 0 Å². The van der Waals surface area contributed by atoms with Crippen LogP contribution < -0.4 is 0 Å². The molecule has 0 aromatic carbocycles. The normalized spacial score (nSPS) is 16.5. The van der Waals surface area contributed by atoms with Gasteiger partial charge in [0.2, 0.25) is 0 Å². The van der Waals surface area contributed by atoms with Crippen molar-refractivity contribution in [1.29, 1.82) is 0 Å².